The fraction of sp³-hybridized carbons (Fsp3) is 0.364. The number of piperidine rings is 1. The van der Waals surface area contributed by atoms with E-state index in [0.29, 0.717) is 13.1 Å². The van der Waals surface area contributed by atoms with Crippen LogP contribution in [0.3, 0.4) is 0 Å². The van der Waals surface area contributed by atoms with Gasteiger partial charge in [-0.15, -0.1) is 0 Å². The molecule has 6 nitrogen and oxygen atoms in total. The molecule has 2 N–H and O–H groups in total. The molecule has 146 valence electrons. The van der Waals surface area contributed by atoms with Crippen LogP contribution < -0.4 is 10.6 Å². The molecule has 1 amide bonds. The van der Waals surface area contributed by atoms with Gasteiger partial charge in [-0.3, -0.25) is 9.79 Å². The number of nitrogens with zero attached hydrogens (tertiary/aromatic N) is 2. The number of likely N-dealkylation sites (tertiary alicyclic amines) is 1. The predicted molar refractivity (Wildman–Crippen MR) is 112 cm³/mol. The summed E-state index contributed by atoms with van der Waals surface area (Å²) in [5.74, 6) is 0.912. The van der Waals surface area contributed by atoms with Crippen molar-refractivity contribution in [2.24, 2.45) is 4.99 Å². The lowest BCUT2D eigenvalue weighted by Crippen LogP contribution is -2.62. The molecule has 0 aromatic heterocycles. The van der Waals surface area contributed by atoms with Gasteiger partial charge in [0.1, 0.15) is 18.0 Å². The highest BCUT2D eigenvalue weighted by Crippen LogP contribution is 2.36. The van der Waals surface area contributed by atoms with Gasteiger partial charge in [-0.2, -0.15) is 0 Å². The number of rotatable bonds is 4. The molecule has 28 heavy (non-hydrogen) atoms. The highest BCUT2D eigenvalue weighted by Gasteiger charge is 2.44. The number of anilines is 2. The number of amides is 1. The first-order valence-corrected chi connectivity index (χ1v) is 9.70. The molecule has 1 fully saturated rings. The topological polar surface area (TPSA) is 66.0 Å². The number of amidine groups is 1. The van der Waals surface area contributed by atoms with Gasteiger partial charge in [-0.1, -0.05) is 42.5 Å². The number of para-hydroxylation sites is 2. The zero-order valence-corrected chi connectivity index (χ0v) is 16.1. The first-order chi connectivity index (χ1) is 13.7. The minimum absolute atomic E-state index is 0.0182. The largest absolute Gasteiger partial charge is 0.375 e. The molecule has 1 atom stereocenters. The molecule has 0 aliphatic carbocycles. The molecular weight excluding hydrogens is 352 g/mol. The van der Waals surface area contributed by atoms with Crippen molar-refractivity contribution in [1.29, 1.82) is 0 Å². The molecule has 2 aliphatic heterocycles. The number of aliphatic imine (C=N–C) groups is 1. The van der Waals surface area contributed by atoms with Crippen LogP contribution in [0, 0.1) is 0 Å². The Balaban J connectivity index is 1.66. The van der Waals surface area contributed by atoms with Crippen molar-refractivity contribution in [1.82, 2.24) is 4.90 Å². The number of benzene rings is 2. The van der Waals surface area contributed by atoms with Crippen molar-refractivity contribution in [3.05, 3.63) is 60.2 Å². The van der Waals surface area contributed by atoms with Crippen LogP contribution >= 0.6 is 0 Å². The highest BCUT2D eigenvalue weighted by atomic mass is 16.5. The van der Waals surface area contributed by atoms with E-state index in [0.717, 1.165) is 42.2 Å². The van der Waals surface area contributed by atoms with Crippen LogP contribution in [0.2, 0.25) is 0 Å². The Morgan fingerprint density at radius 3 is 2.68 bits per heavy atom. The average Bonchev–Trinajstić information content (AvgIpc) is 2.73. The summed E-state index contributed by atoms with van der Waals surface area (Å²) in [6.07, 6.45) is 1.83. The molecule has 2 heterocycles. The monoisotopic (exact) mass is 378 g/mol. The summed E-state index contributed by atoms with van der Waals surface area (Å²) < 4.78 is 5.06. The molecular formula is C22H26N4O2. The summed E-state index contributed by atoms with van der Waals surface area (Å²) in [5, 5.41) is 7.24. The van der Waals surface area contributed by atoms with Gasteiger partial charge in [0.25, 0.3) is 0 Å². The molecule has 0 radical (unpaired) electrons. The number of methoxy groups -OCH3 is 1. The third kappa shape index (κ3) is 3.73. The van der Waals surface area contributed by atoms with Crippen molar-refractivity contribution < 1.29 is 9.53 Å². The molecule has 2 aliphatic rings. The predicted octanol–water partition coefficient (Wildman–Crippen LogP) is 3.13. The Hall–Kier alpha value is -2.86. The molecule has 1 spiro atoms. The Bertz CT molecular complexity index is 868. The Morgan fingerprint density at radius 2 is 1.89 bits per heavy atom. The van der Waals surface area contributed by atoms with E-state index in [2.05, 4.69) is 28.8 Å². The van der Waals surface area contributed by atoms with E-state index in [1.807, 2.05) is 41.3 Å². The van der Waals surface area contributed by atoms with E-state index >= 15 is 0 Å². The van der Waals surface area contributed by atoms with Crippen molar-refractivity contribution in [2.45, 2.75) is 24.9 Å². The van der Waals surface area contributed by atoms with Gasteiger partial charge in [-0.25, -0.2) is 0 Å². The quantitative estimate of drug-likeness (QED) is 0.858. The van der Waals surface area contributed by atoms with E-state index < -0.39 is 5.54 Å². The highest BCUT2D eigenvalue weighted by molar-refractivity contribution is 6.10. The SMILES string of the molecule is COCC(=O)N1CCC[C@]2(C1)Nc1ccccc1NC2=NCc1ccccc1. The van der Waals surface area contributed by atoms with Crippen molar-refractivity contribution in [3.63, 3.8) is 0 Å². The fourth-order valence-corrected chi connectivity index (χ4v) is 3.99. The Labute approximate surface area is 165 Å². The third-order valence-electron chi connectivity index (χ3n) is 5.38. The second kappa shape index (κ2) is 8.02. The maximum atomic E-state index is 12.5. The van der Waals surface area contributed by atoms with E-state index in [1.165, 1.54) is 0 Å². The van der Waals surface area contributed by atoms with Gasteiger partial charge in [0, 0.05) is 13.7 Å². The molecule has 2 aromatic carbocycles. The second-order valence-electron chi connectivity index (χ2n) is 7.38. The number of fused-ring (bicyclic) bond motifs is 1. The summed E-state index contributed by atoms with van der Waals surface area (Å²) in [4.78, 5) is 19.3. The number of carbonyl (C=O) groups is 1. The number of hydrogen-bond donors (Lipinski definition) is 2. The van der Waals surface area contributed by atoms with Crippen LogP contribution in [-0.2, 0) is 16.1 Å². The van der Waals surface area contributed by atoms with Crippen LogP contribution in [0.5, 0.6) is 0 Å². The lowest BCUT2D eigenvalue weighted by molar-refractivity contribution is -0.136. The molecule has 4 rings (SSSR count). The van der Waals surface area contributed by atoms with Crippen molar-refractivity contribution in [3.8, 4) is 0 Å². The van der Waals surface area contributed by atoms with E-state index in [4.69, 9.17) is 9.73 Å². The summed E-state index contributed by atoms with van der Waals surface area (Å²) >= 11 is 0. The van der Waals surface area contributed by atoms with E-state index in [1.54, 1.807) is 7.11 Å². The molecule has 0 saturated carbocycles. The van der Waals surface area contributed by atoms with Crippen LogP contribution in [0.4, 0.5) is 11.4 Å². The van der Waals surface area contributed by atoms with Gasteiger partial charge in [0.15, 0.2) is 0 Å². The molecule has 1 saturated heterocycles. The van der Waals surface area contributed by atoms with Gasteiger partial charge in [0.05, 0.1) is 24.5 Å². The van der Waals surface area contributed by atoms with Gasteiger partial charge >= 0.3 is 0 Å². The molecule has 0 bridgehead atoms. The van der Waals surface area contributed by atoms with Crippen LogP contribution in [0.25, 0.3) is 0 Å². The van der Waals surface area contributed by atoms with Crippen LogP contribution in [0.1, 0.15) is 18.4 Å². The zero-order valence-electron chi connectivity index (χ0n) is 16.1. The van der Waals surface area contributed by atoms with Crippen LogP contribution in [-0.4, -0.2) is 49.0 Å². The van der Waals surface area contributed by atoms with Gasteiger partial charge in [-0.05, 0) is 30.5 Å². The molecule has 6 heteroatoms. The second-order valence-corrected chi connectivity index (χ2v) is 7.38. The van der Waals surface area contributed by atoms with Crippen LogP contribution in [0.15, 0.2) is 59.6 Å². The Morgan fingerprint density at radius 1 is 1.14 bits per heavy atom. The minimum atomic E-state index is -0.412. The summed E-state index contributed by atoms with van der Waals surface area (Å²) in [6, 6.07) is 18.4. The first kappa shape index (κ1) is 18.5. The maximum absolute atomic E-state index is 12.5. The smallest absolute Gasteiger partial charge is 0.248 e. The summed E-state index contributed by atoms with van der Waals surface area (Å²) in [7, 11) is 1.56. The van der Waals surface area contributed by atoms with E-state index in [9.17, 15) is 4.79 Å². The maximum Gasteiger partial charge on any atom is 0.248 e. The van der Waals surface area contributed by atoms with Crippen molar-refractivity contribution in [2.75, 3.05) is 37.4 Å². The first-order valence-electron chi connectivity index (χ1n) is 9.70. The summed E-state index contributed by atoms with van der Waals surface area (Å²) in [6.45, 7) is 2.03. The van der Waals surface area contributed by atoms with Crippen molar-refractivity contribution >= 4 is 23.1 Å². The number of nitrogens with one attached hydrogen (secondary N) is 2. The fourth-order valence-electron chi connectivity index (χ4n) is 3.99. The lowest BCUT2D eigenvalue weighted by atomic mass is 9.85. The number of ether oxygens (including phenoxy) is 1. The lowest BCUT2D eigenvalue weighted by Gasteiger charge is -2.47. The third-order valence-corrected chi connectivity index (χ3v) is 5.38. The standard InChI is InChI=1S/C22H26N4O2/c1-28-15-20(27)26-13-7-12-22(16-26)21(23-14-17-8-3-2-4-9-17)24-18-10-5-6-11-19(18)25-22/h2-6,8-11,25H,7,12-16H2,1H3,(H,23,24)/t22-/m1/s1. The zero-order chi connectivity index (χ0) is 19.4. The number of hydrogen-bond acceptors (Lipinski definition) is 4. The van der Waals surface area contributed by atoms with E-state index in [-0.39, 0.29) is 12.5 Å². The van der Waals surface area contributed by atoms with Gasteiger partial charge < -0.3 is 20.3 Å². The summed E-state index contributed by atoms with van der Waals surface area (Å²) in [5.41, 5.74) is 2.81. The normalized spacial score (nSPS) is 22.5. The average molecular weight is 378 g/mol. The Kier molecular flexibility index (Phi) is 5.30. The number of carbonyl (C=O) groups excluding carboxylic acids is 1. The molecule has 0 unspecified atom stereocenters. The molecule has 2 aromatic rings. The van der Waals surface area contributed by atoms with Gasteiger partial charge in [0.2, 0.25) is 5.91 Å². The minimum Gasteiger partial charge on any atom is -0.375 e.